The van der Waals surface area contributed by atoms with E-state index in [4.69, 9.17) is 0 Å². The lowest BCUT2D eigenvalue weighted by Crippen LogP contribution is -2.40. The molecule has 0 aliphatic heterocycles. The van der Waals surface area contributed by atoms with Gasteiger partial charge < -0.3 is 4.90 Å². The van der Waals surface area contributed by atoms with E-state index < -0.39 is 0 Å². The summed E-state index contributed by atoms with van der Waals surface area (Å²) >= 11 is 0. The standard InChI is InChI=1S/C17H24FNO/c1-4-19(15-7-5-6-14(18)10-15)11-16-13(3)8-12(2)9-17(16)20/h5-7,10,12-13,16H,4,8-9,11H2,1-3H3. The molecule has 0 N–H and O–H groups in total. The third kappa shape index (κ3) is 3.38. The maximum absolute atomic E-state index is 13.4. The molecule has 1 aromatic rings. The highest BCUT2D eigenvalue weighted by Crippen LogP contribution is 2.32. The number of halogens is 1. The number of nitrogens with zero attached hydrogens (tertiary/aromatic N) is 1. The van der Waals surface area contributed by atoms with Crippen molar-refractivity contribution in [3.63, 3.8) is 0 Å². The summed E-state index contributed by atoms with van der Waals surface area (Å²) in [5, 5.41) is 0. The molecule has 2 nitrogen and oxygen atoms in total. The monoisotopic (exact) mass is 277 g/mol. The second kappa shape index (κ2) is 6.38. The lowest BCUT2D eigenvalue weighted by atomic mass is 9.74. The van der Waals surface area contributed by atoms with Gasteiger partial charge in [0.2, 0.25) is 0 Å². The van der Waals surface area contributed by atoms with Gasteiger partial charge >= 0.3 is 0 Å². The molecule has 1 fully saturated rings. The first kappa shape index (κ1) is 15.0. The van der Waals surface area contributed by atoms with Crippen LogP contribution >= 0.6 is 0 Å². The number of Topliss-reactive ketones (excluding diaryl/α,β-unsaturated/α-hetero) is 1. The second-order valence-electron chi connectivity index (χ2n) is 6.11. The molecule has 1 aliphatic rings. The summed E-state index contributed by atoms with van der Waals surface area (Å²) in [6.07, 6.45) is 1.80. The summed E-state index contributed by atoms with van der Waals surface area (Å²) < 4.78 is 13.4. The summed E-state index contributed by atoms with van der Waals surface area (Å²) in [5.41, 5.74) is 0.867. The highest BCUT2D eigenvalue weighted by atomic mass is 19.1. The van der Waals surface area contributed by atoms with E-state index >= 15 is 0 Å². The molecule has 1 aromatic carbocycles. The van der Waals surface area contributed by atoms with Crippen molar-refractivity contribution in [2.24, 2.45) is 17.8 Å². The highest BCUT2D eigenvalue weighted by Gasteiger charge is 2.33. The third-order valence-electron chi connectivity index (χ3n) is 4.40. The average molecular weight is 277 g/mol. The van der Waals surface area contributed by atoms with Gasteiger partial charge in [-0.1, -0.05) is 19.9 Å². The molecular weight excluding hydrogens is 253 g/mol. The Morgan fingerprint density at radius 2 is 2.10 bits per heavy atom. The second-order valence-corrected chi connectivity index (χ2v) is 6.11. The van der Waals surface area contributed by atoms with Crippen molar-refractivity contribution in [3.05, 3.63) is 30.1 Å². The Labute approximate surface area is 121 Å². The number of benzene rings is 1. The topological polar surface area (TPSA) is 20.3 Å². The SMILES string of the molecule is CCN(CC1C(=O)CC(C)CC1C)c1cccc(F)c1. The lowest BCUT2D eigenvalue weighted by Gasteiger charge is -2.35. The van der Waals surface area contributed by atoms with Crippen LogP contribution in [0.4, 0.5) is 10.1 Å². The molecule has 0 amide bonds. The minimum atomic E-state index is -0.224. The van der Waals surface area contributed by atoms with Crippen molar-refractivity contribution in [1.29, 1.82) is 0 Å². The molecule has 0 radical (unpaired) electrons. The fourth-order valence-corrected chi connectivity index (χ4v) is 3.30. The van der Waals surface area contributed by atoms with E-state index in [-0.39, 0.29) is 11.7 Å². The summed E-state index contributed by atoms with van der Waals surface area (Å²) in [6.45, 7) is 7.85. The summed E-state index contributed by atoms with van der Waals surface area (Å²) in [5.74, 6) is 1.13. The molecule has 0 bridgehead atoms. The van der Waals surface area contributed by atoms with Crippen molar-refractivity contribution in [2.45, 2.75) is 33.6 Å². The van der Waals surface area contributed by atoms with Gasteiger partial charge in [-0.05, 0) is 43.4 Å². The zero-order chi connectivity index (χ0) is 14.7. The molecule has 3 unspecified atom stereocenters. The van der Waals surface area contributed by atoms with Crippen LogP contribution in [0.5, 0.6) is 0 Å². The first-order chi connectivity index (χ1) is 9.51. The predicted molar refractivity (Wildman–Crippen MR) is 80.3 cm³/mol. The number of anilines is 1. The minimum Gasteiger partial charge on any atom is -0.371 e. The minimum absolute atomic E-state index is 0.0782. The van der Waals surface area contributed by atoms with Gasteiger partial charge in [0.15, 0.2) is 0 Å². The Bertz CT molecular complexity index is 474. The van der Waals surface area contributed by atoms with Gasteiger partial charge in [0.05, 0.1) is 0 Å². The van der Waals surface area contributed by atoms with E-state index in [1.54, 1.807) is 12.1 Å². The van der Waals surface area contributed by atoms with Crippen molar-refractivity contribution in [2.75, 3.05) is 18.0 Å². The third-order valence-corrected chi connectivity index (χ3v) is 4.40. The maximum Gasteiger partial charge on any atom is 0.138 e. The Hall–Kier alpha value is -1.38. The molecule has 3 heteroatoms. The number of ketones is 1. The van der Waals surface area contributed by atoms with Crippen LogP contribution in [0, 0.1) is 23.6 Å². The van der Waals surface area contributed by atoms with Gasteiger partial charge in [-0.2, -0.15) is 0 Å². The molecule has 1 saturated carbocycles. The maximum atomic E-state index is 13.4. The molecule has 2 rings (SSSR count). The van der Waals surface area contributed by atoms with E-state index in [1.165, 1.54) is 6.07 Å². The number of carbonyl (C=O) groups excluding carboxylic acids is 1. The van der Waals surface area contributed by atoms with Crippen LogP contribution in [0.1, 0.15) is 33.6 Å². The molecule has 0 saturated heterocycles. The summed E-state index contributed by atoms with van der Waals surface area (Å²) in [7, 11) is 0. The number of hydrogen-bond donors (Lipinski definition) is 0. The van der Waals surface area contributed by atoms with Crippen LogP contribution in [0.15, 0.2) is 24.3 Å². The Balaban J connectivity index is 2.12. The zero-order valence-corrected chi connectivity index (χ0v) is 12.6. The van der Waals surface area contributed by atoms with Gasteiger partial charge in [0.25, 0.3) is 0 Å². The number of rotatable bonds is 4. The first-order valence-electron chi connectivity index (χ1n) is 7.54. The van der Waals surface area contributed by atoms with Gasteiger partial charge in [0, 0.05) is 31.1 Å². The number of hydrogen-bond acceptors (Lipinski definition) is 2. The molecule has 3 atom stereocenters. The van der Waals surface area contributed by atoms with Crippen molar-refractivity contribution in [3.8, 4) is 0 Å². The summed E-state index contributed by atoms with van der Waals surface area (Å²) in [6, 6.07) is 6.63. The average Bonchev–Trinajstić information content (AvgIpc) is 2.38. The quantitative estimate of drug-likeness (QED) is 0.832. The van der Waals surface area contributed by atoms with E-state index in [1.807, 2.05) is 13.0 Å². The molecule has 0 heterocycles. The van der Waals surface area contributed by atoms with Crippen LogP contribution in [0.2, 0.25) is 0 Å². The molecule has 0 aromatic heterocycles. The van der Waals surface area contributed by atoms with Crippen LogP contribution in [-0.4, -0.2) is 18.9 Å². The van der Waals surface area contributed by atoms with E-state index in [9.17, 15) is 9.18 Å². The van der Waals surface area contributed by atoms with Crippen molar-refractivity contribution in [1.82, 2.24) is 0 Å². The smallest absolute Gasteiger partial charge is 0.138 e. The van der Waals surface area contributed by atoms with Crippen molar-refractivity contribution >= 4 is 11.5 Å². The summed E-state index contributed by atoms with van der Waals surface area (Å²) in [4.78, 5) is 14.4. The molecule has 110 valence electrons. The van der Waals surface area contributed by atoms with E-state index in [2.05, 4.69) is 18.7 Å². The molecular formula is C17H24FNO. The predicted octanol–water partition coefficient (Wildman–Crippen LogP) is 3.90. The van der Waals surface area contributed by atoms with Crippen LogP contribution in [-0.2, 0) is 4.79 Å². The van der Waals surface area contributed by atoms with Gasteiger partial charge in [-0.15, -0.1) is 0 Å². The normalized spacial score (nSPS) is 26.6. The van der Waals surface area contributed by atoms with Crippen molar-refractivity contribution < 1.29 is 9.18 Å². The lowest BCUT2D eigenvalue weighted by molar-refractivity contribution is -0.127. The van der Waals surface area contributed by atoms with Crippen LogP contribution in [0.25, 0.3) is 0 Å². The largest absolute Gasteiger partial charge is 0.371 e. The van der Waals surface area contributed by atoms with Crippen LogP contribution < -0.4 is 4.90 Å². The Kier molecular flexibility index (Phi) is 4.79. The molecule has 20 heavy (non-hydrogen) atoms. The van der Waals surface area contributed by atoms with Gasteiger partial charge in [-0.25, -0.2) is 4.39 Å². The van der Waals surface area contributed by atoms with Gasteiger partial charge in [-0.3, -0.25) is 4.79 Å². The van der Waals surface area contributed by atoms with E-state index in [0.717, 1.165) is 18.7 Å². The molecule has 1 aliphatic carbocycles. The zero-order valence-electron chi connectivity index (χ0n) is 12.6. The highest BCUT2D eigenvalue weighted by molar-refractivity contribution is 5.83. The Morgan fingerprint density at radius 1 is 1.35 bits per heavy atom. The fourth-order valence-electron chi connectivity index (χ4n) is 3.30. The van der Waals surface area contributed by atoms with Crippen LogP contribution in [0.3, 0.4) is 0 Å². The van der Waals surface area contributed by atoms with E-state index in [0.29, 0.717) is 30.6 Å². The Morgan fingerprint density at radius 3 is 2.70 bits per heavy atom. The fraction of sp³-hybridized carbons (Fsp3) is 0.588. The van der Waals surface area contributed by atoms with Gasteiger partial charge in [0.1, 0.15) is 11.6 Å². The first-order valence-corrected chi connectivity index (χ1v) is 7.54. The number of carbonyl (C=O) groups is 1. The molecule has 0 spiro atoms.